The van der Waals surface area contributed by atoms with E-state index in [1.165, 1.54) is 18.2 Å². The van der Waals surface area contributed by atoms with Gasteiger partial charge in [-0.1, -0.05) is 34.8 Å². The predicted octanol–water partition coefficient (Wildman–Crippen LogP) is 4.77. The van der Waals surface area contributed by atoms with Crippen molar-refractivity contribution in [1.29, 1.82) is 5.26 Å². The number of anilines is 1. The van der Waals surface area contributed by atoms with E-state index in [1.54, 1.807) is 18.2 Å². The molecule has 1 N–H and O–H groups in total. The number of benzene rings is 2. The molecule has 2 aromatic carbocycles. The molecule has 0 atom stereocenters. The zero-order chi connectivity index (χ0) is 14.7. The van der Waals surface area contributed by atoms with Crippen molar-refractivity contribution < 1.29 is 4.79 Å². The van der Waals surface area contributed by atoms with Gasteiger partial charge in [0.1, 0.15) is 0 Å². The second kappa shape index (κ2) is 6.15. The number of amides is 1. The average molecular weight is 326 g/mol. The molecule has 2 rings (SSSR count). The van der Waals surface area contributed by atoms with E-state index in [4.69, 9.17) is 40.1 Å². The summed E-state index contributed by atoms with van der Waals surface area (Å²) in [5.74, 6) is -0.388. The molecule has 0 saturated heterocycles. The largest absolute Gasteiger partial charge is 0.321 e. The van der Waals surface area contributed by atoms with Gasteiger partial charge in [0.2, 0.25) is 0 Å². The lowest BCUT2D eigenvalue weighted by Crippen LogP contribution is -2.12. The maximum atomic E-state index is 12.1. The number of nitrogens with one attached hydrogen (secondary N) is 1. The molecule has 0 fully saturated rings. The Kier molecular flexibility index (Phi) is 4.51. The Balaban J connectivity index is 2.28. The fourth-order valence-electron chi connectivity index (χ4n) is 1.52. The van der Waals surface area contributed by atoms with Crippen LogP contribution < -0.4 is 5.32 Å². The Bertz CT molecular complexity index is 723. The standard InChI is InChI=1S/C14H7Cl3N2O/c15-10-4-2-9(6-12(10)17)14(20)19-13-5-8(7-18)1-3-11(13)16/h1-6H,(H,19,20). The van der Waals surface area contributed by atoms with Gasteiger partial charge >= 0.3 is 0 Å². The fraction of sp³-hybridized carbons (Fsp3) is 0. The third kappa shape index (κ3) is 3.23. The quantitative estimate of drug-likeness (QED) is 0.864. The van der Waals surface area contributed by atoms with Gasteiger partial charge < -0.3 is 5.32 Å². The minimum atomic E-state index is -0.388. The van der Waals surface area contributed by atoms with E-state index in [9.17, 15) is 4.79 Å². The molecule has 20 heavy (non-hydrogen) atoms. The van der Waals surface area contributed by atoms with Crippen LogP contribution in [0.2, 0.25) is 15.1 Å². The monoisotopic (exact) mass is 324 g/mol. The first kappa shape index (κ1) is 14.7. The Morgan fingerprint density at radius 3 is 2.35 bits per heavy atom. The van der Waals surface area contributed by atoms with Crippen LogP contribution in [0.4, 0.5) is 5.69 Å². The van der Waals surface area contributed by atoms with Crippen LogP contribution in [0, 0.1) is 11.3 Å². The van der Waals surface area contributed by atoms with E-state index in [2.05, 4.69) is 5.32 Å². The number of halogens is 3. The lowest BCUT2D eigenvalue weighted by atomic mass is 10.2. The van der Waals surface area contributed by atoms with Crippen molar-refractivity contribution in [1.82, 2.24) is 0 Å². The van der Waals surface area contributed by atoms with Crippen LogP contribution in [0.3, 0.4) is 0 Å². The van der Waals surface area contributed by atoms with E-state index in [0.717, 1.165) is 0 Å². The molecule has 6 heteroatoms. The van der Waals surface area contributed by atoms with Gasteiger partial charge in [-0.3, -0.25) is 4.79 Å². The Morgan fingerprint density at radius 1 is 1.00 bits per heavy atom. The SMILES string of the molecule is N#Cc1ccc(Cl)c(NC(=O)c2ccc(Cl)c(Cl)c2)c1. The number of carbonyl (C=O) groups excluding carboxylic acids is 1. The van der Waals surface area contributed by atoms with Crippen molar-refractivity contribution in [2.24, 2.45) is 0 Å². The molecule has 0 aliphatic rings. The minimum Gasteiger partial charge on any atom is -0.321 e. The van der Waals surface area contributed by atoms with Crippen LogP contribution in [0.5, 0.6) is 0 Å². The number of rotatable bonds is 2. The molecule has 0 aliphatic heterocycles. The Morgan fingerprint density at radius 2 is 1.70 bits per heavy atom. The van der Waals surface area contributed by atoms with Crippen molar-refractivity contribution in [2.45, 2.75) is 0 Å². The second-order valence-corrected chi connectivity index (χ2v) is 5.11. The molecular formula is C14H7Cl3N2O. The summed E-state index contributed by atoms with van der Waals surface area (Å²) in [4.78, 5) is 12.1. The molecule has 2 aromatic rings. The highest BCUT2D eigenvalue weighted by molar-refractivity contribution is 6.42. The highest BCUT2D eigenvalue weighted by atomic mass is 35.5. The summed E-state index contributed by atoms with van der Waals surface area (Å²) in [7, 11) is 0. The van der Waals surface area contributed by atoms with Crippen molar-refractivity contribution in [2.75, 3.05) is 5.32 Å². The molecule has 0 bridgehead atoms. The molecule has 3 nitrogen and oxygen atoms in total. The number of nitrogens with zero attached hydrogens (tertiary/aromatic N) is 1. The molecule has 1 amide bonds. The van der Waals surface area contributed by atoms with Gasteiger partial charge in [-0.2, -0.15) is 5.26 Å². The van der Waals surface area contributed by atoms with E-state index < -0.39 is 0 Å². The first-order valence-corrected chi connectivity index (χ1v) is 6.60. The van der Waals surface area contributed by atoms with Gasteiger partial charge in [-0.05, 0) is 36.4 Å². The van der Waals surface area contributed by atoms with Crippen molar-refractivity contribution in [3.63, 3.8) is 0 Å². The first-order valence-electron chi connectivity index (χ1n) is 5.47. The lowest BCUT2D eigenvalue weighted by Gasteiger charge is -2.08. The molecule has 0 aliphatic carbocycles. The third-order valence-electron chi connectivity index (χ3n) is 2.53. The number of nitriles is 1. The zero-order valence-electron chi connectivity index (χ0n) is 9.95. The predicted molar refractivity (Wildman–Crippen MR) is 80.6 cm³/mol. The first-order chi connectivity index (χ1) is 9.51. The summed E-state index contributed by atoms with van der Waals surface area (Å²) in [6, 6.07) is 11.1. The van der Waals surface area contributed by atoms with Gasteiger partial charge in [-0.25, -0.2) is 0 Å². The van der Waals surface area contributed by atoms with Crippen molar-refractivity contribution >= 4 is 46.4 Å². The second-order valence-electron chi connectivity index (χ2n) is 3.89. The van der Waals surface area contributed by atoms with E-state index >= 15 is 0 Å². The van der Waals surface area contributed by atoms with Crippen molar-refractivity contribution in [3.8, 4) is 6.07 Å². The van der Waals surface area contributed by atoms with Crippen LogP contribution in [0.15, 0.2) is 36.4 Å². The van der Waals surface area contributed by atoms with Gasteiger partial charge in [0.25, 0.3) is 5.91 Å². The Labute approximate surface area is 130 Å². The van der Waals surface area contributed by atoms with Crippen LogP contribution in [-0.2, 0) is 0 Å². The molecule has 0 aromatic heterocycles. The Hall–Kier alpha value is -1.73. The zero-order valence-corrected chi connectivity index (χ0v) is 12.2. The maximum absolute atomic E-state index is 12.1. The van der Waals surface area contributed by atoms with Crippen LogP contribution in [-0.4, -0.2) is 5.91 Å². The van der Waals surface area contributed by atoms with Crippen molar-refractivity contribution in [3.05, 3.63) is 62.6 Å². The topological polar surface area (TPSA) is 52.9 Å². The van der Waals surface area contributed by atoms with Crippen LogP contribution in [0.25, 0.3) is 0 Å². The summed E-state index contributed by atoms with van der Waals surface area (Å²) in [6.45, 7) is 0. The summed E-state index contributed by atoms with van der Waals surface area (Å²) in [6.07, 6.45) is 0. The maximum Gasteiger partial charge on any atom is 0.255 e. The molecule has 0 heterocycles. The molecule has 100 valence electrons. The highest BCUT2D eigenvalue weighted by Gasteiger charge is 2.11. The van der Waals surface area contributed by atoms with Gasteiger partial charge in [-0.15, -0.1) is 0 Å². The number of carbonyl (C=O) groups is 1. The van der Waals surface area contributed by atoms with Gasteiger partial charge in [0.05, 0.1) is 32.4 Å². The summed E-state index contributed by atoms with van der Waals surface area (Å²) in [5.41, 5.74) is 1.11. The summed E-state index contributed by atoms with van der Waals surface area (Å²) < 4.78 is 0. The molecule has 0 radical (unpaired) electrons. The molecule has 0 saturated carbocycles. The normalized spacial score (nSPS) is 9.90. The van der Waals surface area contributed by atoms with Crippen LogP contribution in [0.1, 0.15) is 15.9 Å². The minimum absolute atomic E-state index is 0.288. The average Bonchev–Trinajstić information content (AvgIpc) is 2.44. The molecule has 0 unspecified atom stereocenters. The van der Waals surface area contributed by atoms with Gasteiger partial charge in [0, 0.05) is 5.56 Å². The highest BCUT2D eigenvalue weighted by Crippen LogP contribution is 2.25. The van der Waals surface area contributed by atoms with Crippen LogP contribution >= 0.6 is 34.8 Å². The summed E-state index contributed by atoms with van der Waals surface area (Å²) in [5, 5.41) is 12.5. The van der Waals surface area contributed by atoms with Gasteiger partial charge in [0.15, 0.2) is 0 Å². The third-order valence-corrected chi connectivity index (χ3v) is 3.59. The fourth-order valence-corrected chi connectivity index (χ4v) is 1.99. The van der Waals surface area contributed by atoms with E-state index in [-0.39, 0.29) is 10.9 Å². The lowest BCUT2D eigenvalue weighted by molar-refractivity contribution is 0.102. The molecular weight excluding hydrogens is 319 g/mol. The summed E-state index contributed by atoms with van der Waals surface area (Å²) >= 11 is 17.6. The molecule has 0 spiro atoms. The number of hydrogen-bond donors (Lipinski definition) is 1. The van der Waals surface area contributed by atoms with E-state index in [1.807, 2.05) is 6.07 Å². The van der Waals surface area contributed by atoms with E-state index in [0.29, 0.717) is 26.9 Å². The number of hydrogen-bond acceptors (Lipinski definition) is 2. The smallest absolute Gasteiger partial charge is 0.255 e.